The molecule has 0 aliphatic carbocycles. The highest BCUT2D eigenvalue weighted by Gasteiger charge is 2.34. The van der Waals surface area contributed by atoms with Crippen molar-refractivity contribution in [3.05, 3.63) is 45.7 Å². The van der Waals surface area contributed by atoms with Gasteiger partial charge >= 0.3 is 12.3 Å². The van der Waals surface area contributed by atoms with Gasteiger partial charge in [0.2, 0.25) is 11.6 Å². The number of hydrogen-bond acceptors (Lipinski definition) is 5. The van der Waals surface area contributed by atoms with Gasteiger partial charge in [-0.1, -0.05) is 11.6 Å². The van der Waals surface area contributed by atoms with Crippen LogP contribution >= 0.6 is 11.6 Å². The molecule has 13 heteroatoms. The first-order valence-electron chi connectivity index (χ1n) is 9.36. The van der Waals surface area contributed by atoms with Gasteiger partial charge in [-0.15, -0.1) is 13.2 Å². The topological polar surface area (TPSA) is 74.2 Å². The van der Waals surface area contributed by atoms with Crippen molar-refractivity contribution >= 4 is 17.6 Å². The van der Waals surface area contributed by atoms with E-state index in [-0.39, 0.29) is 5.56 Å². The van der Waals surface area contributed by atoms with Crippen molar-refractivity contribution in [1.29, 1.82) is 0 Å². The van der Waals surface area contributed by atoms with E-state index < -0.39 is 77.4 Å². The predicted octanol–water partition coefficient (Wildman–Crippen LogP) is 5.61. The third-order valence-electron chi connectivity index (χ3n) is 3.72. The lowest BCUT2D eigenvalue weighted by molar-refractivity contribution is -0.275. The minimum Gasteiger partial charge on any atom is -0.495 e. The average molecular weight is 478 g/mol. The van der Waals surface area contributed by atoms with Crippen molar-refractivity contribution in [2.75, 3.05) is 14.1 Å². The third kappa shape index (κ3) is 5.37. The Morgan fingerprint density at radius 2 is 1.87 bits per heavy atom. The van der Waals surface area contributed by atoms with Crippen LogP contribution < -0.4 is 18.9 Å². The number of carboxylic acid groups (broad SMARTS) is 1. The van der Waals surface area contributed by atoms with Crippen LogP contribution in [0.4, 0.5) is 26.3 Å². The molecule has 0 aromatic heterocycles. The van der Waals surface area contributed by atoms with Crippen LogP contribution in [-0.4, -0.2) is 31.6 Å². The van der Waals surface area contributed by atoms with E-state index in [9.17, 15) is 36.2 Å². The Morgan fingerprint density at radius 1 is 1.23 bits per heavy atom. The second-order valence-corrected chi connectivity index (χ2v) is 6.00. The molecule has 0 bridgehead atoms. The number of halogens is 7. The summed E-state index contributed by atoms with van der Waals surface area (Å²) < 4.78 is 118. The fourth-order valence-corrected chi connectivity index (χ4v) is 2.84. The number of rotatable bonds is 8. The van der Waals surface area contributed by atoms with Gasteiger partial charge in [0.05, 0.1) is 28.8 Å². The molecule has 170 valence electrons. The highest BCUT2D eigenvalue weighted by Crippen LogP contribution is 2.41. The second-order valence-electron chi connectivity index (χ2n) is 5.59. The molecular weight excluding hydrogens is 462 g/mol. The maximum Gasteiger partial charge on any atom is 0.573 e. The Hall–Kier alpha value is -3.02. The molecule has 31 heavy (non-hydrogen) atoms. The highest BCUT2D eigenvalue weighted by atomic mass is 35.5. The van der Waals surface area contributed by atoms with Crippen LogP contribution in [-0.2, 0) is 6.61 Å². The molecule has 2 aromatic rings. The van der Waals surface area contributed by atoms with Crippen LogP contribution in [0, 0.1) is 5.82 Å². The first kappa shape index (κ1) is 19.9. The molecule has 0 aliphatic rings. The molecule has 0 atom stereocenters. The van der Waals surface area contributed by atoms with Crippen molar-refractivity contribution < 1.29 is 59.3 Å². The Morgan fingerprint density at radius 3 is 2.39 bits per heavy atom. The first-order valence-corrected chi connectivity index (χ1v) is 8.24. The number of methoxy groups -OCH3 is 2. The summed E-state index contributed by atoms with van der Waals surface area (Å²) in [6.07, 6.45) is -8.54. The average Bonchev–Trinajstić information content (AvgIpc) is 2.67. The number of alkyl halides is 5. The summed E-state index contributed by atoms with van der Waals surface area (Å²) >= 11 is 5.80. The summed E-state index contributed by atoms with van der Waals surface area (Å²) in [7, 11) is -2.43. The lowest BCUT2D eigenvalue weighted by Crippen LogP contribution is -2.18. The fraction of sp³-hybridized carbons (Fsp3) is 0.278. The van der Waals surface area contributed by atoms with E-state index in [1.165, 1.54) is 0 Å². The van der Waals surface area contributed by atoms with E-state index in [1.807, 2.05) is 0 Å². The Bertz CT molecular complexity index is 1080. The molecule has 0 fully saturated rings. The molecule has 0 saturated heterocycles. The third-order valence-corrected chi connectivity index (χ3v) is 4.04. The molecule has 1 N–H and O–H groups in total. The first-order chi connectivity index (χ1) is 15.6. The Kier molecular flexibility index (Phi) is 6.05. The van der Waals surface area contributed by atoms with E-state index in [0.717, 1.165) is 13.2 Å². The molecule has 0 saturated carbocycles. The molecule has 0 amide bonds. The van der Waals surface area contributed by atoms with Crippen molar-refractivity contribution in [3.63, 3.8) is 0 Å². The Labute approximate surface area is 180 Å². The SMILES string of the molecule is [2H]C([2H])([2H])Oc1c(OCc2cc(Cl)c(C(F)F)c(OC)c2C(=O)O)ccc(OC(F)(F)F)c1F. The number of carbonyl (C=O) groups is 1. The van der Waals surface area contributed by atoms with Crippen molar-refractivity contribution in [2.45, 2.75) is 19.4 Å². The van der Waals surface area contributed by atoms with Gasteiger partial charge in [-0.25, -0.2) is 13.6 Å². The van der Waals surface area contributed by atoms with Crippen molar-refractivity contribution in [3.8, 4) is 23.0 Å². The normalized spacial score (nSPS) is 13.3. The molecule has 0 unspecified atom stereocenters. The van der Waals surface area contributed by atoms with Crippen LogP contribution in [0.1, 0.15) is 32.0 Å². The van der Waals surface area contributed by atoms with Crippen molar-refractivity contribution in [1.82, 2.24) is 0 Å². The summed E-state index contributed by atoms with van der Waals surface area (Å²) in [5.41, 5.74) is -2.08. The van der Waals surface area contributed by atoms with Crippen LogP contribution in [0.15, 0.2) is 18.2 Å². The molecule has 6 nitrogen and oxygen atoms in total. The smallest absolute Gasteiger partial charge is 0.495 e. The zero-order valence-electron chi connectivity index (χ0n) is 18.2. The fourth-order valence-electron chi connectivity index (χ4n) is 2.54. The molecule has 0 radical (unpaired) electrons. The number of aromatic carboxylic acids is 1. The van der Waals surface area contributed by atoms with Gasteiger partial charge < -0.3 is 24.1 Å². The van der Waals surface area contributed by atoms with Crippen LogP contribution in [0.5, 0.6) is 23.0 Å². The van der Waals surface area contributed by atoms with Gasteiger partial charge in [0.1, 0.15) is 17.9 Å². The van der Waals surface area contributed by atoms with Crippen LogP contribution in [0.2, 0.25) is 5.02 Å². The second kappa shape index (κ2) is 9.41. The van der Waals surface area contributed by atoms with Crippen LogP contribution in [0.25, 0.3) is 0 Å². The summed E-state index contributed by atoms with van der Waals surface area (Å²) in [5.74, 6) is -7.90. The minimum atomic E-state index is -5.32. The molecule has 0 heterocycles. The monoisotopic (exact) mass is 477 g/mol. The molecular formula is C18H13ClF6O6. The zero-order valence-corrected chi connectivity index (χ0v) is 15.9. The zero-order chi connectivity index (χ0) is 26.0. The number of ether oxygens (including phenoxy) is 4. The summed E-state index contributed by atoms with van der Waals surface area (Å²) in [6.45, 7) is -0.850. The predicted molar refractivity (Wildman–Crippen MR) is 93.9 cm³/mol. The standard InChI is InChI=1S/C18H13ClF6O6/c1-28-14-10(4-3-9(13(14)20)31-18(23,24)25)30-6-7-5-8(19)12(16(21)22)15(29-2)11(7)17(26)27/h3-5,16H,6H2,1-2H3,(H,26,27)/i1D3. The molecule has 2 aromatic carbocycles. The lowest BCUT2D eigenvalue weighted by Gasteiger charge is -2.18. The minimum absolute atomic E-state index is 0.366. The highest BCUT2D eigenvalue weighted by molar-refractivity contribution is 6.32. The quantitative estimate of drug-likeness (QED) is 0.498. The summed E-state index contributed by atoms with van der Waals surface area (Å²) in [5, 5.41) is 8.86. The van der Waals surface area contributed by atoms with E-state index in [1.54, 1.807) is 0 Å². The maximum absolute atomic E-state index is 14.6. The Balaban J connectivity index is 2.55. The molecule has 0 aliphatic heterocycles. The van der Waals surface area contributed by atoms with Gasteiger partial charge in [0.15, 0.2) is 11.5 Å². The van der Waals surface area contributed by atoms with E-state index in [2.05, 4.69) is 9.47 Å². The van der Waals surface area contributed by atoms with Gasteiger partial charge in [-0.2, -0.15) is 4.39 Å². The number of benzene rings is 2. The lowest BCUT2D eigenvalue weighted by atomic mass is 10.0. The van der Waals surface area contributed by atoms with E-state index in [0.29, 0.717) is 12.1 Å². The maximum atomic E-state index is 14.6. The van der Waals surface area contributed by atoms with E-state index in [4.69, 9.17) is 25.2 Å². The molecule has 0 spiro atoms. The van der Waals surface area contributed by atoms with Gasteiger partial charge in [-0.3, -0.25) is 0 Å². The van der Waals surface area contributed by atoms with Gasteiger partial charge in [0, 0.05) is 5.56 Å². The van der Waals surface area contributed by atoms with Gasteiger partial charge in [0.25, 0.3) is 6.43 Å². The number of carboxylic acids is 1. The largest absolute Gasteiger partial charge is 0.573 e. The summed E-state index contributed by atoms with van der Waals surface area (Å²) in [4.78, 5) is 11.7. The summed E-state index contributed by atoms with van der Waals surface area (Å²) in [6, 6.07) is 1.92. The van der Waals surface area contributed by atoms with Gasteiger partial charge in [-0.05, 0) is 18.2 Å². The van der Waals surface area contributed by atoms with Crippen LogP contribution in [0.3, 0.4) is 0 Å². The van der Waals surface area contributed by atoms with Crippen molar-refractivity contribution in [2.24, 2.45) is 0 Å². The number of hydrogen-bond donors (Lipinski definition) is 1. The molecule has 2 rings (SSSR count). The van der Waals surface area contributed by atoms with E-state index >= 15 is 0 Å².